The first kappa shape index (κ1) is 19.3. The molecule has 1 aromatic rings. The monoisotopic (exact) mass is 347 g/mol. The fourth-order valence-electron chi connectivity index (χ4n) is 1.68. The van der Waals surface area contributed by atoms with Crippen LogP contribution < -0.4 is 9.46 Å². The minimum atomic E-state index is -3.63. The SMILES string of the molecule is CCCOc1ccc(S(=O)(=O)NC[C@@](C)(O)CCSC)cc1. The Balaban J connectivity index is 2.66. The van der Waals surface area contributed by atoms with Gasteiger partial charge in [-0.05, 0) is 56.0 Å². The van der Waals surface area contributed by atoms with Gasteiger partial charge in [-0.1, -0.05) is 6.92 Å². The predicted molar refractivity (Wildman–Crippen MR) is 91.0 cm³/mol. The average Bonchev–Trinajstić information content (AvgIpc) is 2.50. The molecule has 22 heavy (non-hydrogen) atoms. The lowest BCUT2D eigenvalue weighted by molar-refractivity contribution is 0.0626. The molecule has 0 aliphatic rings. The molecule has 0 aromatic heterocycles. The zero-order valence-electron chi connectivity index (χ0n) is 13.3. The second-order valence-corrected chi connectivity index (χ2v) is 8.14. The summed E-state index contributed by atoms with van der Waals surface area (Å²) in [6.07, 6.45) is 3.37. The molecule has 0 saturated carbocycles. The van der Waals surface area contributed by atoms with E-state index in [1.54, 1.807) is 30.8 Å². The molecule has 1 aromatic carbocycles. The second kappa shape index (κ2) is 8.76. The molecule has 0 fully saturated rings. The number of hydrogen-bond donors (Lipinski definition) is 2. The van der Waals surface area contributed by atoms with Crippen LogP contribution in [0.2, 0.25) is 0 Å². The van der Waals surface area contributed by atoms with E-state index in [1.165, 1.54) is 12.1 Å². The quantitative estimate of drug-likeness (QED) is 0.679. The largest absolute Gasteiger partial charge is 0.494 e. The molecular formula is C15H25NO4S2. The summed E-state index contributed by atoms with van der Waals surface area (Å²) in [5, 5.41) is 10.1. The fourth-order valence-corrected chi connectivity index (χ4v) is 3.48. The van der Waals surface area contributed by atoms with Crippen LogP contribution in [0.25, 0.3) is 0 Å². The van der Waals surface area contributed by atoms with E-state index < -0.39 is 15.6 Å². The van der Waals surface area contributed by atoms with E-state index in [4.69, 9.17) is 4.74 Å². The van der Waals surface area contributed by atoms with Crippen molar-refractivity contribution in [2.75, 3.05) is 25.2 Å². The van der Waals surface area contributed by atoms with Crippen LogP contribution in [0.3, 0.4) is 0 Å². The molecule has 0 aliphatic heterocycles. The van der Waals surface area contributed by atoms with Gasteiger partial charge in [0.15, 0.2) is 0 Å². The van der Waals surface area contributed by atoms with Gasteiger partial charge in [-0.2, -0.15) is 11.8 Å². The molecule has 0 amide bonds. The number of ether oxygens (including phenoxy) is 1. The molecule has 0 saturated heterocycles. The number of thioether (sulfide) groups is 1. The highest BCUT2D eigenvalue weighted by atomic mass is 32.2. The van der Waals surface area contributed by atoms with Gasteiger partial charge in [0.2, 0.25) is 10.0 Å². The van der Waals surface area contributed by atoms with Crippen molar-refractivity contribution < 1.29 is 18.3 Å². The van der Waals surface area contributed by atoms with Crippen LogP contribution >= 0.6 is 11.8 Å². The molecular weight excluding hydrogens is 322 g/mol. The van der Waals surface area contributed by atoms with Crippen LogP contribution in [-0.4, -0.2) is 44.3 Å². The average molecular weight is 348 g/mol. The first-order valence-electron chi connectivity index (χ1n) is 7.24. The molecule has 0 spiro atoms. The summed E-state index contributed by atoms with van der Waals surface area (Å²) in [5.74, 6) is 1.42. The third kappa shape index (κ3) is 6.56. The maximum Gasteiger partial charge on any atom is 0.240 e. The summed E-state index contributed by atoms with van der Waals surface area (Å²) in [6, 6.07) is 6.28. The van der Waals surface area contributed by atoms with Crippen molar-refractivity contribution in [2.45, 2.75) is 37.2 Å². The molecule has 5 nitrogen and oxygen atoms in total. The molecule has 0 aliphatic carbocycles. The van der Waals surface area contributed by atoms with Crippen LogP contribution in [-0.2, 0) is 10.0 Å². The Morgan fingerprint density at radius 1 is 1.32 bits per heavy atom. The molecule has 0 unspecified atom stereocenters. The maximum absolute atomic E-state index is 12.2. The van der Waals surface area contributed by atoms with Gasteiger partial charge in [-0.3, -0.25) is 0 Å². The predicted octanol–water partition coefficient (Wildman–Crippen LogP) is 2.26. The Labute approximate surface area is 137 Å². The van der Waals surface area contributed by atoms with E-state index >= 15 is 0 Å². The van der Waals surface area contributed by atoms with Crippen molar-refractivity contribution in [3.63, 3.8) is 0 Å². The first-order valence-corrected chi connectivity index (χ1v) is 10.1. The normalized spacial score (nSPS) is 14.5. The Bertz CT molecular complexity index is 541. The topological polar surface area (TPSA) is 75.6 Å². The zero-order valence-corrected chi connectivity index (χ0v) is 15.0. The van der Waals surface area contributed by atoms with Gasteiger partial charge in [-0.15, -0.1) is 0 Å². The Kier molecular flexibility index (Phi) is 7.68. The highest BCUT2D eigenvalue weighted by Gasteiger charge is 2.23. The van der Waals surface area contributed by atoms with Crippen molar-refractivity contribution in [1.82, 2.24) is 4.72 Å². The molecule has 2 N–H and O–H groups in total. The summed E-state index contributed by atoms with van der Waals surface area (Å²) in [5.41, 5.74) is -1.06. The Morgan fingerprint density at radius 2 is 1.95 bits per heavy atom. The lowest BCUT2D eigenvalue weighted by Crippen LogP contribution is -2.40. The van der Waals surface area contributed by atoms with Gasteiger partial charge >= 0.3 is 0 Å². The number of nitrogens with one attached hydrogen (secondary N) is 1. The highest BCUT2D eigenvalue weighted by molar-refractivity contribution is 7.98. The molecule has 7 heteroatoms. The van der Waals surface area contributed by atoms with Gasteiger partial charge in [-0.25, -0.2) is 13.1 Å². The number of sulfonamides is 1. The summed E-state index contributed by atoms with van der Waals surface area (Å²) in [4.78, 5) is 0.164. The van der Waals surface area contributed by atoms with Gasteiger partial charge in [0.25, 0.3) is 0 Å². The van der Waals surface area contributed by atoms with Gasteiger partial charge in [0.05, 0.1) is 17.1 Å². The second-order valence-electron chi connectivity index (χ2n) is 5.38. The Morgan fingerprint density at radius 3 is 2.50 bits per heavy atom. The van der Waals surface area contributed by atoms with Crippen molar-refractivity contribution >= 4 is 21.8 Å². The van der Waals surface area contributed by atoms with Gasteiger partial charge in [0, 0.05) is 6.54 Å². The standard InChI is InChI=1S/C15H25NO4S2/c1-4-10-20-13-5-7-14(8-6-13)22(18,19)16-12-15(2,17)9-11-21-3/h5-8,16-17H,4,9-12H2,1-3H3/t15-/m0/s1. The van der Waals surface area contributed by atoms with E-state index in [0.717, 1.165) is 12.2 Å². The summed E-state index contributed by atoms with van der Waals surface area (Å²) in [6.45, 7) is 4.23. The number of aliphatic hydroxyl groups is 1. The molecule has 1 rings (SSSR count). The number of rotatable bonds is 10. The smallest absolute Gasteiger partial charge is 0.240 e. The molecule has 0 radical (unpaired) electrons. The van der Waals surface area contributed by atoms with Gasteiger partial charge in [0.1, 0.15) is 5.75 Å². The van der Waals surface area contributed by atoms with E-state index in [1.807, 2.05) is 13.2 Å². The van der Waals surface area contributed by atoms with Crippen LogP contribution in [0.4, 0.5) is 0 Å². The minimum Gasteiger partial charge on any atom is -0.494 e. The van der Waals surface area contributed by atoms with Gasteiger partial charge < -0.3 is 9.84 Å². The summed E-state index contributed by atoms with van der Waals surface area (Å²) < 4.78 is 32.3. The van der Waals surface area contributed by atoms with Crippen molar-refractivity contribution in [2.24, 2.45) is 0 Å². The van der Waals surface area contributed by atoms with Crippen molar-refractivity contribution in [3.05, 3.63) is 24.3 Å². The van der Waals surface area contributed by atoms with E-state index in [0.29, 0.717) is 18.8 Å². The number of benzene rings is 1. The van der Waals surface area contributed by atoms with E-state index in [9.17, 15) is 13.5 Å². The van der Waals surface area contributed by atoms with Crippen LogP contribution in [0, 0.1) is 0 Å². The fraction of sp³-hybridized carbons (Fsp3) is 0.600. The minimum absolute atomic E-state index is 0.00994. The first-order chi connectivity index (χ1) is 10.3. The Hall–Kier alpha value is -0.760. The van der Waals surface area contributed by atoms with E-state index in [2.05, 4.69) is 4.72 Å². The lowest BCUT2D eigenvalue weighted by atomic mass is 10.1. The van der Waals surface area contributed by atoms with Crippen molar-refractivity contribution in [1.29, 1.82) is 0 Å². The van der Waals surface area contributed by atoms with Crippen LogP contribution in [0.15, 0.2) is 29.2 Å². The third-order valence-corrected chi connectivity index (χ3v) is 5.12. The highest BCUT2D eigenvalue weighted by Crippen LogP contribution is 2.17. The summed E-state index contributed by atoms with van der Waals surface area (Å²) in [7, 11) is -3.63. The molecule has 1 atom stereocenters. The van der Waals surface area contributed by atoms with Crippen LogP contribution in [0.5, 0.6) is 5.75 Å². The number of hydrogen-bond acceptors (Lipinski definition) is 5. The van der Waals surface area contributed by atoms with Crippen LogP contribution in [0.1, 0.15) is 26.7 Å². The molecule has 0 heterocycles. The van der Waals surface area contributed by atoms with Crippen molar-refractivity contribution in [3.8, 4) is 5.75 Å². The molecule has 126 valence electrons. The van der Waals surface area contributed by atoms with E-state index in [-0.39, 0.29) is 11.4 Å². The molecule has 0 bridgehead atoms. The third-order valence-electron chi connectivity index (χ3n) is 3.09. The summed E-state index contributed by atoms with van der Waals surface area (Å²) >= 11 is 1.62. The lowest BCUT2D eigenvalue weighted by Gasteiger charge is -2.23. The zero-order chi connectivity index (χ0) is 16.6. The maximum atomic E-state index is 12.2.